The predicted octanol–water partition coefficient (Wildman–Crippen LogP) is 2.31. The van der Waals surface area contributed by atoms with Crippen LogP contribution in [0.15, 0.2) is 30.5 Å². The highest BCUT2D eigenvalue weighted by molar-refractivity contribution is 7.13. The van der Waals surface area contributed by atoms with E-state index in [0.29, 0.717) is 11.5 Å². The van der Waals surface area contributed by atoms with Gasteiger partial charge in [-0.1, -0.05) is 17.7 Å². The summed E-state index contributed by atoms with van der Waals surface area (Å²) >= 11 is 1.38. The number of hydrogen-bond donors (Lipinski definition) is 2. The van der Waals surface area contributed by atoms with Gasteiger partial charge in [0.2, 0.25) is 0 Å². The van der Waals surface area contributed by atoms with Crippen molar-refractivity contribution in [2.24, 2.45) is 5.73 Å². The second kappa shape index (κ2) is 4.97. The highest BCUT2D eigenvalue weighted by Crippen LogP contribution is 2.16. The molecule has 5 heteroatoms. The fraction of sp³-hybridized carbons (Fsp3) is 0.167. The molecule has 0 saturated heterocycles. The summed E-state index contributed by atoms with van der Waals surface area (Å²) in [5.74, 6) is 0.860. The molecule has 4 nitrogen and oxygen atoms in total. The van der Waals surface area contributed by atoms with Gasteiger partial charge in [0, 0.05) is 6.20 Å². The fourth-order valence-electron chi connectivity index (χ4n) is 1.28. The van der Waals surface area contributed by atoms with E-state index in [4.69, 9.17) is 15.9 Å². The van der Waals surface area contributed by atoms with Gasteiger partial charge in [0.1, 0.15) is 23.2 Å². The molecule has 0 aliphatic rings. The average Bonchev–Trinajstić information content (AvgIpc) is 2.77. The molecule has 2 rings (SSSR count). The molecular formula is C12H13N3OS. The van der Waals surface area contributed by atoms with Gasteiger partial charge >= 0.3 is 0 Å². The minimum Gasteiger partial charge on any atom is -0.486 e. The molecule has 0 spiro atoms. The number of amidine groups is 1. The number of thiazole rings is 1. The number of aryl methyl sites for hydroxylation is 1. The van der Waals surface area contributed by atoms with Crippen molar-refractivity contribution in [3.63, 3.8) is 0 Å². The first-order valence-corrected chi connectivity index (χ1v) is 5.95. The van der Waals surface area contributed by atoms with Crippen molar-refractivity contribution in [1.29, 1.82) is 5.41 Å². The largest absolute Gasteiger partial charge is 0.486 e. The lowest BCUT2D eigenvalue weighted by molar-refractivity contribution is 0.305. The zero-order chi connectivity index (χ0) is 12.3. The van der Waals surface area contributed by atoms with Gasteiger partial charge in [-0.15, -0.1) is 11.3 Å². The summed E-state index contributed by atoms with van der Waals surface area (Å²) in [6.45, 7) is 2.44. The predicted molar refractivity (Wildman–Crippen MR) is 68.6 cm³/mol. The van der Waals surface area contributed by atoms with E-state index < -0.39 is 0 Å². The maximum atomic E-state index is 7.28. The van der Waals surface area contributed by atoms with Gasteiger partial charge in [-0.2, -0.15) is 0 Å². The molecule has 0 bridgehead atoms. The Kier molecular flexibility index (Phi) is 3.39. The second-order valence-electron chi connectivity index (χ2n) is 3.63. The Morgan fingerprint density at radius 1 is 1.41 bits per heavy atom. The van der Waals surface area contributed by atoms with Crippen LogP contribution in [0.5, 0.6) is 5.75 Å². The molecule has 17 heavy (non-hydrogen) atoms. The molecule has 88 valence electrons. The van der Waals surface area contributed by atoms with Crippen molar-refractivity contribution < 1.29 is 4.74 Å². The van der Waals surface area contributed by atoms with Crippen LogP contribution in [0.4, 0.5) is 0 Å². The lowest BCUT2D eigenvalue weighted by atomic mass is 10.2. The minimum absolute atomic E-state index is 0.0454. The normalized spacial score (nSPS) is 10.2. The third kappa shape index (κ3) is 3.04. The summed E-state index contributed by atoms with van der Waals surface area (Å²) in [6, 6.07) is 7.85. The van der Waals surface area contributed by atoms with Crippen LogP contribution in [0, 0.1) is 12.3 Å². The summed E-state index contributed by atoms with van der Waals surface area (Å²) in [7, 11) is 0. The van der Waals surface area contributed by atoms with E-state index in [1.807, 2.05) is 31.2 Å². The van der Waals surface area contributed by atoms with Crippen molar-refractivity contribution in [3.05, 3.63) is 45.9 Å². The third-order valence-electron chi connectivity index (χ3n) is 2.20. The minimum atomic E-state index is 0.0454. The van der Waals surface area contributed by atoms with Crippen LogP contribution in [-0.2, 0) is 6.61 Å². The van der Waals surface area contributed by atoms with Crippen molar-refractivity contribution >= 4 is 17.2 Å². The molecule has 2 aromatic rings. The smallest absolute Gasteiger partial charge is 0.140 e. The SMILES string of the molecule is Cc1ccc(OCc2ncc(C(=N)N)s2)cc1. The number of nitrogen functional groups attached to an aromatic ring is 1. The highest BCUT2D eigenvalue weighted by Gasteiger charge is 2.04. The number of nitrogens with zero attached hydrogens (tertiary/aromatic N) is 1. The highest BCUT2D eigenvalue weighted by atomic mass is 32.1. The lowest BCUT2D eigenvalue weighted by Crippen LogP contribution is -2.08. The van der Waals surface area contributed by atoms with Gasteiger partial charge in [-0.25, -0.2) is 4.98 Å². The number of benzene rings is 1. The van der Waals surface area contributed by atoms with E-state index in [1.165, 1.54) is 16.9 Å². The number of nitrogens with one attached hydrogen (secondary N) is 1. The molecule has 0 saturated carbocycles. The van der Waals surface area contributed by atoms with E-state index in [1.54, 1.807) is 6.20 Å². The molecule has 0 atom stereocenters. The fourth-order valence-corrected chi connectivity index (χ4v) is 1.97. The lowest BCUT2D eigenvalue weighted by Gasteiger charge is -2.03. The number of rotatable bonds is 4. The van der Waals surface area contributed by atoms with Crippen molar-refractivity contribution in [2.45, 2.75) is 13.5 Å². The van der Waals surface area contributed by atoms with Crippen molar-refractivity contribution in [3.8, 4) is 5.75 Å². The van der Waals surface area contributed by atoms with E-state index in [9.17, 15) is 0 Å². The summed E-state index contributed by atoms with van der Waals surface area (Å²) < 4.78 is 5.58. The molecule has 0 fully saturated rings. The van der Waals surface area contributed by atoms with Gasteiger partial charge < -0.3 is 10.5 Å². The Bertz CT molecular complexity index is 519. The van der Waals surface area contributed by atoms with Crippen LogP contribution >= 0.6 is 11.3 Å². The molecular weight excluding hydrogens is 234 g/mol. The van der Waals surface area contributed by atoms with Crippen LogP contribution in [-0.4, -0.2) is 10.8 Å². The summed E-state index contributed by atoms with van der Waals surface area (Å²) in [6.07, 6.45) is 1.60. The number of hydrogen-bond acceptors (Lipinski definition) is 4. The van der Waals surface area contributed by atoms with Crippen LogP contribution in [0.3, 0.4) is 0 Å². The van der Waals surface area contributed by atoms with Crippen molar-refractivity contribution in [1.82, 2.24) is 4.98 Å². The van der Waals surface area contributed by atoms with E-state index >= 15 is 0 Å². The molecule has 0 aliphatic heterocycles. The maximum absolute atomic E-state index is 7.28. The van der Waals surface area contributed by atoms with Crippen molar-refractivity contribution in [2.75, 3.05) is 0 Å². The van der Waals surface area contributed by atoms with E-state index in [-0.39, 0.29) is 5.84 Å². The quantitative estimate of drug-likeness (QED) is 0.643. The number of ether oxygens (including phenoxy) is 1. The topological polar surface area (TPSA) is 72.0 Å². The Hall–Kier alpha value is -1.88. The van der Waals surface area contributed by atoms with Gasteiger partial charge in [-0.3, -0.25) is 5.41 Å². The second-order valence-corrected chi connectivity index (χ2v) is 4.75. The van der Waals surface area contributed by atoms with E-state index in [2.05, 4.69) is 4.98 Å². The molecule has 1 aromatic heterocycles. The molecule has 0 aliphatic carbocycles. The summed E-state index contributed by atoms with van der Waals surface area (Å²) in [4.78, 5) is 4.82. The Morgan fingerprint density at radius 2 is 2.12 bits per heavy atom. The molecule has 0 amide bonds. The van der Waals surface area contributed by atoms with Gasteiger partial charge in [0.05, 0.1) is 4.88 Å². The standard InChI is InChI=1S/C12H13N3OS/c1-8-2-4-9(5-3-8)16-7-11-15-6-10(17-11)12(13)14/h2-6H,7H2,1H3,(H3,13,14). The molecule has 0 radical (unpaired) electrons. The first kappa shape index (κ1) is 11.6. The Morgan fingerprint density at radius 3 is 2.71 bits per heavy atom. The number of nitrogens with two attached hydrogens (primary N) is 1. The van der Waals surface area contributed by atoms with E-state index in [0.717, 1.165) is 10.8 Å². The first-order valence-electron chi connectivity index (χ1n) is 5.14. The molecule has 0 unspecified atom stereocenters. The van der Waals surface area contributed by atoms with Crippen LogP contribution in [0.1, 0.15) is 15.4 Å². The van der Waals surface area contributed by atoms with Gasteiger partial charge in [0.15, 0.2) is 0 Å². The third-order valence-corrected chi connectivity index (χ3v) is 3.21. The van der Waals surface area contributed by atoms with Crippen LogP contribution in [0.25, 0.3) is 0 Å². The summed E-state index contributed by atoms with van der Waals surface area (Å²) in [5.41, 5.74) is 6.56. The summed E-state index contributed by atoms with van der Waals surface area (Å²) in [5, 5.41) is 8.09. The van der Waals surface area contributed by atoms with Crippen LogP contribution < -0.4 is 10.5 Å². The maximum Gasteiger partial charge on any atom is 0.140 e. The molecule has 3 N–H and O–H groups in total. The molecule has 1 aromatic carbocycles. The number of aromatic nitrogens is 1. The zero-order valence-corrected chi connectivity index (χ0v) is 10.3. The Balaban J connectivity index is 1.97. The Labute approximate surface area is 104 Å². The average molecular weight is 247 g/mol. The monoisotopic (exact) mass is 247 g/mol. The van der Waals surface area contributed by atoms with Gasteiger partial charge in [-0.05, 0) is 19.1 Å². The zero-order valence-electron chi connectivity index (χ0n) is 9.43. The van der Waals surface area contributed by atoms with Gasteiger partial charge in [0.25, 0.3) is 0 Å². The molecule has 1 heterocycles. The first-order chi connectivity index (χ1) is 8.15. The van der Waals surface area contributed by atoms with Crippen LogP contribution in [0.2, 0.25) is 0 Å².